The van der Waals surface area contributed by atoms with Crippen LogP contribution in [0.5, 0.6) is 0 Å². The molecule has 2 aromatic heterocycles. The van der Waals surface area contributed by atoms with Crippen molar-refractivity contribution in [1.29, 1.82) is 0 Å². The van der Waals surface area contributed by atoms with E-state index in [2.05, 4.69) is 44.8 Å². The van der Waals surface area contributed by atoms with Crippen molar-refractivity contribution in [3.05, 3.63) is 43.4 Å². The molecule has 1 unspecified atom stereocenters. The summed E-state index contributed by atoms with van der Waals surface area (Å²) in [5.41, 5.74) is 0. The zero-order valence-electron chi connectivity index (χ0n) is 7.76. The molecule has 0 amide bonds. The average molecular weight is 370 g/mol. The zero-order valence-corrected chi connectivity index (χ0v) is 12.5. The van der Waals surface area contributed by atoms with E-state index in [1.54, 1.807) is 17.4 Å². The molecule has 0 saturated carbocycles. The van der Waals surface area contributed by atoms with Gasteiger partial charge in [0.2, 0.25) is 0 Å². The van der Waals surface area contributed by atoms with Crippen LogP contribution in [0.4, 0.5) is 0 Å². The number of rotatable bonds is 2. The van der Waals surface area contributed by atoms with E-state index in [1.807, 2.05) is 6.07 Å². The molecule has 2 heterocycles. The molecule has 0 fully saturated rings. The van der Waals surface area contributed by atoms with Crippen LogP contribution in [-0.4, -0.2) is 0 Å². The Balaban J connectivity index is 2.35. The molecule has 0 N–H and O–H groups in total. The molecule has 15 heavy (non-hydrogen) atoms. The molecule has 1 atom stereocenters. The summed E-state index contributed by atoms with van der Waals surface area (Å²) in [7, 11) is 0. The van der Waals surface area contributed by atoms with Crippen LogP contribution in [0.25, 0.3) is 0 Å². The minimum absolute atomic E-state index is 0.0538. The van der Waals surface area contributed by atoms with Crippen molar-refractivity contribution >= 4 is 54.8 Å². The molecular weight excluding hydrogens is 363 g/mol. The van der Waals surface area contributed by atoms with Gasteiger partial charge in [-0.25, -0.2) is 0 Å². The summed E-state index contributed by atoms with van der Waals surface area (Å²) >= 11 is 14.6. The molecule has 0 saturated heterocycles. The molecule has 0 bridgehead atoms. The van der Waals surface area contributed by atoms with Crippen molar-refractivity contribution in [2.24, 2.45) is 0 Å². The van der Waals surface area contributed by atoms with Gasteiger partial charge in [-0.2, -0.15) is 0 Å². The SMILES string of the molecule is Cc1cc(Br)c(C(Br)c2ccc(Cl)o2)s1. The second-order valence-corrected chi connectivity index (χ2v) is 6.50. The highest BCUT2D eigenvalue weighted by Crippen LogP contribution is 2.41. The maximum absolute atomic E-state index is 5.74. The predicted octanol–water partition coefficient (Wildman–Crippen LogP) is 5.55. The van der Waals surface area contributed by atoms with Gasteiger partial charge in [0, 0.05) is 14.2 Å². The van der Waals surface area contributed by atoms with Crippen molar-refractivity contribution in [3.63, 3.8) is 0 Å². The molecule has 5 heteroatoms. The van der Waals surface area contributed by atoms with Crippen molar-refractivity contribution in [1.82, 2.24) is 0 Å². The van der Waals surface area contributed by atoms with Gasteiger partial charge in [0.1, 0.15) is 10.6 Å². The van der Waals surface area contributed by atoms with Crippen molar-refractivity contribution in [2.45, 2.75) is 11.8 Å². The Hall–Kier alpha value is 0.230. The van der Waals surface area contributed by atoms with Gasteiger partial charge >= 0.3 is 0 Å². The maximum Gasteiger partial charge on any atom is 0.193 e. The Bertz CT molecular complexity index is 477. The van der Waals surface area contributed by atoms with Crippen LogP contribution in [0.2, 0.25) is 5.22 Å². The number of halogens is 3. The molecule has 2 aromatic rings. The molecule has 1 nitrogen and oxygen atoms in total. The molecule has 0 aliphatic rings. The van der Waals surface area contributed by atoms with Crippen LogP contribution >= 0.6 is 54.8 Å². The van der Waals surface area contributed by atoms with E-state index in [0.29, 0.717) is 5.22 Å². The highest BCUT2D eigenvalue weighted by atomic mass is 79.9. The van der Waals surface area contributed by atoms with Crippen molar-refractivity contribution in [2.75, 3.05) is 0 Å². The predicted molar refractivity (Wildman–Crippen MR) is 71.2 cm³/mol. The second kappa shape index (κ2) is 4.62. The van der Waals surface area contributed by atoms with Gasteiger partial charge in [0.25, 0.3) is 0 Å². The Kier molecular flexibility index (Phi) is 3.60. The van der Waals surface area contributed by atoms with Crippen LogP contribution < -0.4 is 0 Å². The summed E-state index contributed by atoms with van der Waals surface area (Å²) in [5.74, 6) is 0.822. The van der Waals surface area contributed by atoms with Crippen LogP contribution in [0, 0.1) is 6.92 Å². The van der Waals surface area contributed by atoms with Crippen LogP contribution in [0.3, 0.4) is 0 Å². The quantitative estimate of drug-likeness (QED) is 0.632. The van der Waals surface area contributed by atoms with E-state index >= 15 is 0 Å². The van der Waals surface area contributed by atoms with Crippen molar-refractivity contribution < 1.29 is 4.42 Å². The number of hydrogen-bond acceptors (Lipinski definition) is 2. The topological polar surface area (TPSA) is 13.1 Å². The fraction of sp³-hybridized carbons (Fsp3) is 0.200. The average Bonchev–Trinajstić information content (AvgIpc) is 2.71. The molecule has 0 spiro atoms. The number of alkyl halides is 1. The van der Waals surface area contributed by atoms with Gasteiger partial charge in [0.05, 0.1) is 0 Å². The molecule has 0 aliphatic carbocycles. The Labute approximate surface area is 114 Å². The second-order valence-electron chi connectivity index (χ2n) is 3.07. The minimum Gasteiger partial charge on any atom is -0.448 e. The lowest BCUT2D eigenvalue weighted by atomic mass is 10.3. The largest absolute Gasteiger partial charge is 0.448 e. The standard InChI is InChI=1S/C10H7Br2ClOS/c1-5-4-6(11)10(15-5)9(12)7-2-3-8(13)14-7/h2-4,9H,1H3. The fourth-order valence-electron chi connectivity index (χ4n) is 1.27. The first kappa shape index (κ1) is 11.7. The summed E-state index contributed by atoms with van der Waals surface area (Å²) < 4.78 is 6.47. The van der Waals surface area contributed by atoms with E-state index < -0.39 is 0 Å². The molecule has 2 rings (SSSR count). The zero-order chi connectivity index (χ0) is 11.0. The van der Waals surface area contributed by atoms with Gasteiger partial charge in [-0.3, -0.25) is 0 Å². The van der Waals surface area contributed by atoms with Gasteiger partial charge in [-0.05, 0) is 52.7 Å². The highest BCUT2D eigenvalue weighted by Gasteiger charge is 2.19. The smallest absolute Gasteiger partial charge is 0.193 e. The van der Waals surface area contributed by atoms with E-state index in [-0.39, 0.29) is 4.83 Å². The van der Waals surface area contributed by atoms with Gasteiger partial charge in [0.15, 0.2) is 5.22 Å². The fourth-order valence-corrected chi connectivity index (χ4v) is 4.37. The van der Waals surface area contributed by atoms with Crippen LogP contribution in [0.1, 0.15) is 20.3 Å². The monoisotopic (exact) mass is 368 g/mol. The third-order valence-electron chi connectivity index (χ3n) is 1.91. The number of aryl methyl sites for hydroxylation is 1. The summed E-state index contributed by atoms with van der Waals surface area (Å²) in [6, 6.07) is 5.72. The van der Waals surface area contributed by atoms with E-state index in [9.17, 15) is 0 Å². The summed E-state index contributed by atoms with van der Waals surface area (Å²) in [4.78, 5) is 2.51. The molecule has 0 aliphatic heterocycles. The Morgan fingerprint density at radius 3 is 2.67 bits per heavy atom. The summed E-state index contributed by atoms with van der Waals surface area (Å²) in [6.45, 7) is 2.08. The van der Waals surface area contributed by atoms with Crippen molar-refractivity contribution in [3.8, 4) is 0 Å². The van der Waals surface area contributed by atoms with Crippen LogP contribution in [-0.2, 0) is 0 Å². The highest BCUT2D eigenvalue weighted by molar-refractivity contribution is 9.11. The Morgan fingerprint density at radius 1 is 1.47 bits per heavy atom. The first-order valence-electron chi connectivity index (χ1n) is 4.23. The number of thiophene rings is 1. The lowest BCUT2D eigenvalue weighted by Crippen LogP contribution is -1.86. The van der Waals surface area contributed by atoms with Gasteiger partial charge < -0.3 is 4.42 Å². The van der Waals surface area contributed by atoms with Crippen LogP contribution in [0.15, 0.2) is 27.1 Å². The molecule has 0 aromatic carbocycles. The van der Waals surface area contributed by atoms with E-state index in [4.69, 9.17) is 16.0 Å². The minimum atomic E-state index is 0.0538. The third kappa shape index (κ3) is 2.49. The molecule has 80 valence electrons. The van der Waals surface area contributed by atoms with Gasteiger partial charge in [-0.15, -0.1) is 11.3 Å². The summed E-state index contributed by atoms with van der Waals surface area (Å²) in [5, 5.41) is 0.416. The first-order valence-corrected chi connectivity index (χ1v) is 7.13. The third-order valence-corrected chi connectivity index (χ3v) is 5.36. The maximum atomic E-state index is 5.74. The van der Waals surface area contributed by atoms with E-state index in [0.717, 1.165) is 10.2 Å². The summed E-state index contributed by atoms with van der Waals surface area (Å²) in [6.07, 6.45) is 0. The van der Waals surface area contributed by atoms with E-state index in [1.165, 1.54) is 9.75 Å². The number of furan rings is 1. The molecular formula is C10H7Br2ClOS. The van der Waals surface area contributed by atoms with Gasteiger partial charge in [-0.1, -0.05) is 15.9 Å². The Morgan fingerprint density at radius 2 is 2.20 bits per heavy atom. The lowest BCUT2D eigenvalue weighted by Gasteiger charge is -2.04. The number of hydrogen-bond donors (Lipinski definition) is 0. The molecule has 0 radical (unpaired) electrons. The first-order chi connectivity index (χ1) is 7.08. The normalized spacial score (nSPS) is 13.1. The lowest BCUT2D eigenvalue weighted by molar-refractivity contribution is 0.522.